The molecule has 4 heteroatoms. The zero-order valence-corrected chi connectivity index (χ0v) is 29.1. The van der Waals surface area contributed by atoms with Crippen LogP contribution >= 0.6 is 0 Å². The van der Waals surface area contributed by atoms with E-state index < -0.39 is 0 Å². The first-order valence-electron chi connectivity index (χ1n) is 18.3. The minimum atomic E-state index is 0.489. The van der Waals surface area contributed by atoms with Crippen molar-refractivity contribution in [1.82, 2.24) is 9.13 Å². The second kappa shape index (κ2) is 11.6. The van der Waals surface area contributed by atoms with Crippen molar-refractivity contribution >= 4 is 78.2 Å². The average molecular weight is 679 g/mol. The van der Waals surface area contributed by atoms with Gasteiger partial charge in [0, 0.05) is 38.4 Å². The minimum Gasteiger partial charge on any atom is -0.320 e. The van der Waals surface area contributed by atoms with Crippen LogP contribution in [0.2, 0.25) is 0 Å². The number of rotatable bonds is 5. The van der Waals surface area contributed by atoms with Crippen LogP contribution in [0.25, 0.3) is 82.3 Å². The maximum Gasteiger partial charge on any atom is 0.115 e. The quantitative estimate of drug-likeness (QED) is 0.162. The van der Waals surface area contributed by atoms with Gasteiger partial charge in [-0.3, -0.25) is 9.98 Å². The summed E-state index contributed by atoms with van der Waals surface area (Å²) < 4.78 is 4.78. The van der Waals surface area contributed by atoms with Crippen molar-refractivity contribution in [2.75, 3.05) is 0 Å². The molecule has 0 fully saturated rings. The molecule has 0 saturated carbocycles. The van der Waals surface area contributed by atoms with Crippen molar-refractivity contribution in [2.45, 2.75) is 19.5 Å². The van der Waals surface area contributed by atoms with Gasteiger partial charge in [-0.2, -0.15) is 0 Å². The highest BCUT2D eigenvalue weighted by molar-refractivity contribution is 6.27. The highest BCUT2D eigenvalue weighted by Crippen LogP contribution is 2.42. The van der Waals surface area contributed by atoms with Gasteiger partial charge >= 0.3 is 0 Å². The van der Waals surface area contributed by atoms with Crippen LogP contribution in [0.3, 0.4) is 0 Å². The van der Waals surface area contributed by atoms with Crippen molar-refractivity contribution < 1.29 is 0 Å². The third-order valence-corrected chi connectivity index (χ3v) is 11.3. The van der Waals surface area contributed by atoms with Crippen LogP contribution in [0.15, 0.2) is 168 Å². The predicted octanol–water partition coefficient (Wildman–Crippen LogP) is 12.7. The molecule has 0 aliphatic heterocycles. The molecule has 2 aliphatic carbocycles. The first-order valence-corrected chi connectivity index (χ1v) is 18.3. The zero-order chi connectivity index (χ0) is 35.0. The molecule has 9 aromatic rings. The summed E-state index contributed by atoms with van der Waals surface area (Å²) in [6.07, 6.45) is 9.09. The zero-order valence-electron chi connectivity index (χ0n) is 29.1. The average Bonchev–Trinajstić information content (AvgIpc) is 3.84. The fraction of sp³-hybridized carbons (Fsp3) is 0.0612. The van der Waals surface area contributed by atoms with Crippen LogP contribution in [0.5, 0.6) is 0 Å². The Hall–Kier alpha value is -6.78. The van der Waals surface area contributed by atoms with Crippen molar-refractivity contribution in [2.24, 2.45) is 9.98 Å². The van der Waals surface area contributed by atoms with Crippen molar-refractivity contribution in [1.29, 1.82) is 0 Å². The monoisotopic (exact) mass is 678 g/mol. The van der Waals surface area contributed by atoms with E-state index in [1.54, 1.807) is 0 Å². The molecular formula is C49H34N4. The SMILES string of the molecule is C=Nc1cccc2c1/C(=N\Cn1c3ccccc3c3cc4cc(-c5ccc6c(c5)c5ccccc5n6C5=CCCC=C5)ccc4cc31)c1ccccc1-2. The highest BCUT2D eigenvalue weighted by Gasteiger charge is 2.27. The summed E-state index contributed by atoms with van der Waals surface area (Å²) in [4.78, 5) is 9.74. The molecule has 250 valence electrons. The van der Waals surface area contributed by atoms with E-state index in [2.05, 4.69) is 173 Å². The molecule has 0 radical (unpaired) electrons. The predicted molar refractivity (Wildman–Crippen MR) is 225 cm³/mol. The van der Waals surface area contributed by atoms with Gasteiger partial charge in [-0.1, -0.05) is 103 Å². The number of hydrogen-bond donors (Lipinski definition) is 0. The highest BCUT2D eigenvalue weighted by atomic mass is 15.1. The van der Waals surface area contributed by atoms with E-state index in [1.807, 2.05) is 6.07 Å². The Morgan fingerprint density at radius 2 is 1.26 bits per heavy atom. The largest absolute Gasteiger partial charge is 0.320 e. The Bertz CT molecular complexity index is 3110. The molecule has 2 aromatic heterocycles. The summed E-state index contributed by atoms with van der Waals surface area (Å²) in [5, 5.41) is 7.46. The molecule has 0 saturated heterocycles. The van der Waals surface area contributed by atoms with Crippen LogP contribution in [-0.2, 0) is 6.67 Å². The van der Waals surface area contributed by atoms with Gasteiger partial charge in [-0.15, -0.1) is 0 Å². The van der Waals surface area contributed by atoms with Gasteiger partial charge in [0.15, 0.2) is 0 Å². The summed E-state index contributed by atoms with van der Waals surface area (Å²) >= 11 is 0. The molecule has 53 heavy (non-hydrogen) atoms. The van der Waals surface area contributed by atoms with Crippen molar-refractivity contribution in [3.63, 3.8) is 0 Å². The summed E-state index contributed by atoms with van der Waals surface area (Å²) in [7, 11) is 0. The molecule has 0 unspecified atom stereocenters. The number of nitrogens with zero attached hydrogens (tertiary/aromatic N) is 4. The first-order chi connectivity index (χ1) is 26.2. The summed E-state index contributed by atoms with van der Waals surface area (Å²) in [6, 6.07) is 50.8. The lowest BCUT2D eigenvalue weighted by molar-refractivity contribution is 0.794. The third-order valence-electron chi connectivity index (χ3n) is 11.3. The van der Waals surface area contributed by atoms with Crippen LogP contribution < -0.4 is 0 Å². The number of hydrogen-bond acceptors (Lipinski definition) is 2. The molecule has 0 amide bonds. The third kappa shape index (κ3) is 4.49. The summed E-state index contributed by atoms with van der Waals surface area (Å²) in [6.45, 7) is 4.37. The maximum atomic E-state index is 5.35. The van der Waals surface area contributed by atoms with Gasteiger partial charge in [-0.25, -0.2) is 0 Å². The Morgan fingerprint density at radius 1 is 0.547 bits per heavy atom. The Labute approximate surface area is 307 Å². The molecule has 7 aromatic carbocycles. The van der Waals surface area contributed by atoms with Crippen LogP contribution in [-0.4, -0.2) is 21.6 Å². The molecule has 11 rings (SSSR count). The van der Waals surface area contributed by atoms with Crippen LogP contribution in [0, 0.1) is 0 Å². The van der Waals surface area contributed by atoms with Crippen molar-refractivity contribution in [3.8, 4) is 22.3 Å². The second-order valence-corrected chi connectivity index (χ2v) is 14.1. The van der Waals surface area contributed by atoms with Gasteiger partial charge < -0.3 is 9.13 Å². The smallest absolute Gasteiger partial charge is 0.115 e. The van der Waals surface area contributed by atoms with E-state index in [0.717, 1.165) is 40.9 Å². The summed E-state index contributed by atoms with van der Waals surface area (Å²) in [5.41, 5.74) is 14.9. The Morgan fingerprint density at radius 3 is 2.11 bits per heavy atom. The van der Waals surface area contributed by atoms with Crippen LogP contribution in [0.4, 0.5) is 5.69 Å². The molecule has 2 heterocycles. The normalized spacial score (nSPS) is 14.5. The molecule has 0 bridgehead atoms. The Kier molecular flexibility index (Phi) is 6.56. The first kappa shape index (κ1) is 29.9. The van der Waals surface area contributed by atoms with Gasteiger partial charge in [-0.05, 0) is 107 Å². The maximum absolute atomic E-state index is 5.35. The van der Waals surface area contributed by atoms with E-state index in [-0.39, 0.29) is 0 Å². The van der Waals surface area contributed by atoms with E-state index in [0.29, 0.717) is 6.67 Å². The van der Waals surface area contributed by atoms with Gasteiger partial charge in [0.2, 0.25) is 0 Å². The number of aromatic nitrogens is 2. The minimum absolute atomic E-state index is 0.489. The van der Waals surface area contributed by atoms with Gasteiger partial charge in [0.25, 0.3) is 0 Å². The van der Waals surface area contributed by atoms with Gasteiger partial charge in [0.1, 0.15) is 6.67 Å². The van der Waals surface area contributed by atoms with E-state index in [1.165, 1.54) is 76.8 Å². The van der Waals surface area contributed by atoms with Gasteiger partial charge in [0.05, 0.1) is 33.5 Å². The number of benzene rings is 7. The van der Waals surface area contributed by atoms with E-state index >= 15 is 0 Å². The van der Waals surface area contributed by atoms with Crippen molar-refractivity contribution in [3.05, 3.63) is 169 Å². The molecule has 2 aliphatic rings. The summed E-state index contributed by atoms with van der Waals surface area (Å²) in [5.74, 6) is 0. The van der Waals surface area contributed by atoms with Crippen LogP contribution in [0.1, 0.15) is 24.0 Å². The number of aliphatic imine (C=N–C) groups is 2. The lowest BCUT2D eigenvalue weighted by Gasteiger charge is -2.12. The molecule has 4 nitrogen and oxygen atoms in total. The second-order valence-electron chi connectivity index (χ2n) is 14.1. The number of allylic oxidation sites excluding steroid dienone is 4. The fourth-order valence-corrected chi connectivity index (χ4v) is 8.83. The molecule has 0 N–H and O–H groups in total. The Balaban J connectivity index is 1.04. The lowest BCUT2D eigenvalue weighted by Crippen LogP contribution is -2.03. The lowest BCUT2D eigenvalue weighted by atomic mass is 9.98. The molecular weight excluding hydrogens is 645 g/mol. The molecule has 0 spiro atoms. The molecule has 0 atom stereocenters. The van der Waals surface area contributed by atoms with E-state index in [4.69, 9.17) is 4.99 Å². The number of para-hydroxylation sites is 2. The van der Waals surface area contributed by atoms with E-state index in [9.17, 15) is 0 Å². The topological polar surface area (TPSA) is 34.6 Å². The number of fused-ring (bicyclic) bond motifs is 10. The fourth-order valence-electron chi connectivity index (χ4n) is 8.83. The standard InChI is InChI=1S/C49H34N4/c1-50-43-19-11-18-39-36-14-5-6-17-40(36)49(48(39)43)51-30-52-44-20-9-7-15-37(44)42-28-34-26-31(22-23-33(34)29-47(42)52)32-24-25-46-41(27-32)38-16-8-10-21-45(38)53(46)35-12-3-2-4-13-35/h3,5-29H,1-2,4,30H2/b51-49-.